The largest absolute Gasteiger partial charge is 0.330 e. The van der Waals surface area contributed by atoms with Gasteiger partial charge in [0.05, 0.1) is 5.01 Å². The molecule has 1 aromatic heterocycles. The van der Waals surface area contributed by atoms with Gasteiger partial charge in [-0.15, -0.1) is 11.3 Å². The summed E-state index contributed by atoms with van der Waals surface area (Å²) < 4.78 is 0. The standard InChI is InChI=1S/C13H23N3S/c1-11(12-16-7-8-17-12)9-15-6-5-13(10-14)3-2-4-13/h7-8,11,15H,2-6,9-10,14H2,1H3. The molecule has 0 radical (unpaired) electrons. The zero-order chi connectivity index (χ0) is 12.1. The third-order valence-electron chi connectivity index (χ3n) is 4.00. The summed E-state index contributed by atoms with van der Waals surface area (Å²) in [6.45, 7) is 5.20. The number of nitrogens with zero attached hydrogens (tertiary/aromatic N) is 1. The van der Waals surface area contributed by atoms with Crippen LogP contribution < -0.4 is 11.1 Å². The molecular weight excluding hydrogens is 230 g/mol. The highest BCUT2D eigenvalue weighted by molar-refractivity contribution is 7.09. The number of rotatable bonds is 7. The molecule has 1 heterocycles. The molecule has 1 fully saturated rings. The van der Waals surface area contributed by atoms with Crippen LogP contribution in [0.5, 0.6) is 0 Å². The SMILES string of the molecule is CC(CNCCC1(CN)CCC1)c1nccs1. The average Bonchev–Trinajstić information content (AvgIpc) is 2.80. The Bertz CT molecular complexity index is 314. The number of aromatic nitrogens is 1. The predicted octanol–water partition coefficient (Wildman–Crippen LogP) is 2.36. The van der Waals surface area contributed by atoms with Crippen molar-refractivity contribution in [3.63, 3.8) is 0 Å². The van der Waals surface area contributed by atoms with Crippen molar-refractivity contribution in [2.24, 2.45) is 11.1 Å². The summed E-state index contributed by atoms with van der Waals surface area (Å²) in [6, 6.07) is 0. The second kappa shape index (κ2) is 5.94. The number of nitrogens with two attached hydrogens (primary N) is 1. The lowest BCUT2D eigenvalue weighted by atomic mass is 9.67. The summed E-state index contributed by atoms with van der Waals surface area (Å²) in [5.41, 5.74) is 6.32. The molecule has 96 valence electrons. The minimum absolute atomic E-state index is 0.470. The monoisotopic (exact) mass is 253 g/mol. The first-order chi connectivity index (χ1) is 8.26. The maximum atomic E-state index is 5.85. The van der Waals surface area contributed by atoms with Crippen LogP contribution in [0.4, 0.5) is 0 Å². The van der Waals surface area contributed by atoms with Gasteiger partial charge in [0.1, 0.15) is 0 Å². The molecule has 0 aromatic carbocycles. The highest BCUT2D eigenvalue weighted by Gasteiger charge is 2.34. The van der Waals surface area contributed by atoms with Crippen LogP contribution in [0, 0.1) is 5.41 Å². The van der Waals surface area contributed by atoms with Gasteiger partial charge < -0.3 is 11.1 Å². The Morgan fingerprint density at radius 3 is 2.94 bits per heavy atom. The van der Waals surface area contributed by atoms with Crippen molar-refractivity contribution in [1.82, 2.24) is 10.3 Å². The van der Waals surface area contributed by atoms with Crippen LogP contribution in [0.1, 0.15) is 43.5 Å². The Kier molecular flexibility index (Phi) is 4.54. The highest BCUT2D eigenvalue weighted by atomic mass is 32.1. The Morgan fingerprint density at radius 1 is 1.59 bits per heavy atom. The van der Waals surface area contributed by atoms with Crippen LogP contribution in [-0.2, 0) is 0 Å². The van der Waals surface area contributed by atoms with E-state index in [0.717, 1.165) is 19.6 Å². The zero-order valence-corrected chi connectivity index (χ0v) is 11.4. The lowest BCUT2D eigenvalue weighted by Gasteiger charge is -2.41. The van der Waals surface area contributed by atoms with Crippen molar-refractivity contribution >= 4 is 11.3 Å². The van der Waals surface area contributed by atoms with E-state index in [-0.39, 0.29) is 0 Å². The van der Waals surface area contributed by atoms with E-state index in [1.54, 1.807) is 11.3 Å². The lowest BCUT2D eigenvalue weighted by molar-refractivity contribution is 0.130. The molecule has 0 amide bonds. The smallest absolute Gasteiger partial charge is 0.0965 e. The Balaban J connectivity index is 1.63. The van der Waals surface area contributed by atoms with Crippen LogP contribution in [0.25, 0.3) is 0 Å². The lowest BCUT2D eigenvalue weighted by Crippen LogP contribution is -2.40. The molecule has 1 aromatic rings. The third-order valence-corrected chi connectivity index (χ3v) is 5.01. The Morgan fingerprint density at radius 2 is 2.41 bits per heavy atom. The number of hydrogen-bond acceptors (Lipinski definition) is 4. The van der Waals surface area contributed by atoms with Crippen LogP contribution in [-0.4, -0.2) is 24.6 Å². The molecule has 0 saturated heterocycles. The van der Waals surface area contributed by atoms with Crippen molar-refractivity contribution < 1.29 is 0 Å². The van der Waals surface area contributed by atoms with Crippen molar-refractivity contribution in [3.05, 3.63) is 16.6 Å². The van der Waals surface area contributed by atoms with Crippen molar-refractivity contribution in [3.8, 4) is 0 Å². The zero-order valence-electron chi connectivity index (χ0n) is 10.6. The average molecular weight is 253 g/mol. The van der Waals surface area contributed by atoms with Gasteiger partial charge in [-0.25, -0.2) is 4.98 Å². The van der Waals surface area contributed by atoms with E-state index >= 15 is 0 Å². The fourth-order valence-electron chi connectivity index (χ4n) is 2.47. The van der Waals surface area contributed by atoms with Crippen molar-refractivity contribution in [2.45, 2.75) is 38.5 Å². The van der Waals surface area contributed by atoms with E-state index in [1.807, 2.05) is 11.6 Å². The van der Waals surface area contributed by atoms with E-state index in [4.69, 9.17) is 5.73 Å². The summed E-state index contributed by atoms with van der Waals surface area (Å²) in [5, 5.41) is 6.82. The fourth-order valence-corrected chi connectivity index (χ4v) is 3.17. The number of thiazole rings is 1. The quantitative estimate of drug-likeness (QED) is 0.733. The number of hydrogen-bond donors (Lipinski definition) is 2. The first-order valence-electron chi connectivity index (χ1n) is 6.56. The maximum Gasteiger partial charge on any atom is 0.0965 e. The van der Waals surface area contributed by atoms with E-state index < -0.39 is 0 Å². The molecule has 3 N–H and O–H groups in total. The molecule has 1 atom stereocenters. The molecule has 1 unspecified atom stereocenters. The number of nitrogens with one attached hydrogen (secondary N) is 1. The molecule has 17 heavy (non-hydrogen) atoms. The maximum absolute atomic E-state index is 5.85. The van der Waals surface area contributed by atoms with Gasteiger partial charge in [-0.1, -0.05) is 13.3 Å². The fraction of sp³-hybridized carbons (Fsp3) is 0.769. The minimum Gasteiger partial charge on any atom is -0.330 e. The van der Waals surface area contributed by atoms with Crippen LogP contribution >= 0.6 is 11.3 Å². The second-order valence-electron chi connectivity index (χ2n) is 5.28. The van der Waals surface area contributed by atoms with Crippen LogP contribution in [0.15, 0.2) is 11.6 Å². The Hall–Kier alpha value is -0.450. The summed E-state index contributed by atoms with van der Waals surface area (Å²) >= 11 is 1.74. The van der Waals surface area contributed by atoms with Gasteiger partial charge in [-0.2, -0.15) is 0 Å². The van der Waals surface area contributed by atoms with Gasteiger partial charge in [0.25, 0.3) is 0 Å². The summed E-state index contributed by atoms with van der Waals surface area (Å²) in [6.07, 6.45) is 7.13. The van der Waals surface area contributed by atoms with E-state index in [0.29, 0.717) is 11.3 Å². The van der Waals surface area contributed by atoms with Gasteiger partial charge in [0.15, 0.2) is 0 Å². The van der Waals surface area contributed by atoms with Crippen LogP contribution in [0.3, 0.4) is 0 Å². The molecule has 1 aliphatic carbocycles. The third kappa shape index (κ3) is 3.27. The molecule has 1 saturated carbocycles. The Labute approximate surface area is 108 Å². The van der Waals surface area contributed by atoms with Crippen LogP contribution in [0.2, 0.25) is 0 Å². The molecule has 0 spiro atoms. The van der Waals surface area contributed by atoms with E-state index in [9.17, 15) is 0 Å². The molecule has 0 aliphatic heterocycles. The first-order valence-corrected chi connectivity index (χ1v) is 7.44. The van der Waals surface area contributed by atoms with Crippen molar-refractivity contribution in [2.75, 3.05) is 19.6 Å². The van der Waals surface area contributed by atoms with Gasteiger partial charge in [-0.3, -0.25) is 0 Å². The van der Waals surface area contributed by atoms with E-state index in [2.05, 4.69) is 17.2 Å². The molecule has 1 aliphatic rings. The normalized spacial score (nSPS) is 19.9. The molecule has 3 nitrogen and oxygen atoms in total. The second-order valence-corrected chi connectivity index (χ2v) is 6.21. The first kappa shape index (κ1) is 13.0. The van der Waals surface area contributed by atoms with Gasteiger partial charge in [0.2, 0.25) is 0 Å². The summed E-state index contributed by atoms with van der Waals surface area (Å²) in [7, 11) is 0. The van der Waals surface area contributed by atoms with Crippen molar-refractivity contribution in [1.29, 1.82) is 0 Å². The topological polar surface area (TPSA) is 50.9 Å². The van der Waals surface area contributed by atoms with Gasteiger partial charge >= 0.3 is 0 Å². The predicted molar refractivity (Wildman–Crippen MR) is 73.4 cm³/mol. The highest BCUT2D eigenvalue weighted by Crippen LogP contribution is 2.42. The van der Waals surface area contributed by atoms with Gasteiger partial charge in [-0.05, 0) is 37.8 Å². The minimum atomic E-state index is 0.470. The molecule has 2 rings (SSSR count). The summed E-state index contributed by atoms with van der Waals surface area (Å²) in [4.78, 5) is 4.35. The molecule has 0 bridgehead atoms. The molecular formula is C13H23N3S. The molecule has 4 heteroatoms. The summed E-state index contributed by atoms with van der Waals surface area (Å²) in [5.74, 6) is 0.519. The van der Waals surface area contributed by atoms with Gasteiger partial charge in [0, 0.05) is 24.0 Å². The van der Waals surface area contributed by atoms with E-state index in [1.165, 1.54) is 30.7 Å².